The van der Waals surface area contributed by atoms with Crippen molar-refractivity contribution in [2.75, 3.05) is 7.11 Å². The predicted molar refractivity (Wildman–Crippen MR) is 76.5 cm³/mol. The van der Waals surface area contributed by atoms with Crippen molar-refractivity contribution in [3.8, 4) is 0 Å². The van der Waals surface area contributed by atoms with Gasteiger partial charge in [-0.05, 0) is 24.1 Å². The molecule has 0 aliphatic rings. The number of aryl methyl sites for hydroxylation is 1. The van der Waals surface area contributed by atoms with E-state index in [1.807, 2.05) is 49.4 Å². The van der Waals surface area contributed by atoms with Gasteiger partial charge in [0.25, 0.3) is 0 Å². The highest BCUT2D eigenvalue weighted by molar-refractivity contribution is 6.31. The Morgan fingerprint density at radius 3 is 2.32 bits per heavy atom. The molecule has 2 nitrogen and oxygen atoms in total. The summed E-state index contributed by atoms with van der Waals surface area (Å²) in [7, 11) is 1.39. The first-order valence-electron chi connectivity index (χ1n) is 6.02. The zero-order valence-corrected chi connectivity index (χ0v) is 11.6. The van der Waals surface area contributed by atoms with E-state index in [9.17, 15) is 4.79 Å². The summed E-state index contributed by atoms with van der Waals surface area (Å²) in [5.74, 6) is -0.795. The first-order valence-corrected chi connectivity index (χ1v) is 6.40. The van der Waals surface area contributed by atoms with Crippen LogP contribution in [-0.4, -0.2) is 13.1 Å². The molecule has 98 valence electrons. The van der Waals surface area contributed by atoms with Crippen molar-refractivity contribution in [3.05, 3.63) is 70.2 Å². The lowest BCUT2D eigenvalue weighted by Crippen LogP contribution is -2.16. The van der Waals surface area contributed by atoms with Gasteiger partial charge >= 0.3 is 5.97 Å². The van der Waals surface area contributed by atoms with E-state index >= 15 is 0 Å². The summed E-state index contributed by atoms with van der Waals surface area (Å²) in [5.41, 5.74) is 2.79. The molecule has 0 aromatic heterocycles. The van der Waals surface area contributed by atoms with Crippen LogP contribution in [-0.2, 0) is 9.53 Å². The van der Waals surface area contributed by atoms with Crippen LogP contribution in [0.25, 0.3) is 0 Å². The summed E-state index contributed by atoms with van der Waals surface area (Å²) in [6, 6.07) is 15.1. The second-order valence-corrected chi connectivity index (χ2v) is 4.80. The number of hydrogen-bond donors (Lipinski definition) is 0. The smallest absolute Gasteiger partial charge is 0.317 e. The zero-order valence-electron chi connectivity index (χ0n) is 10.9. The van der Waals surface area contributed by atoms with Crippen molar-refractivity contribution in [1.82, 2.24) is 0 Å². The highest BCUT2D eigenvalue weighted by atomic mass is 35.5. The molecule has 0 unspecified atom stereocenters. The molecule has 0 saturated carbocycles. The third kappa shape index (κ3) is 2.96. The Balaban J connectivity index is 2.51. The van der Waals surface area contributed by atoms with Crippen molar-refractivity contribution in [1.29, 1.82) is 0 Å². The number of carbonyl (C=O) groups excluding carboxylic acids is 1. The maximum absolute atomic E-state index is 12.1. The van der Waals surface area contributed by atoms with Crippen molar-refractivity contribution in [3.63, 3.8) is 0 Å². The van der Waals surface area contributed by atoms with Crippen LogP contribution in [0, 0.1) is 6.92 Å². The van der Waals surface area contributed by atoms with Crippen LogP contribution in [0.1, 0.15) is 22.6 Å². The summed E-state index contributed by atoms with van der Waals surface area (Å²) < 4.78 is 4.91. The van der Waals surface area contributed by atoms with E-state index in [2.05, 4.69) is 0 Å². The quantitative estimate of drug-likeness (QED) is 0.792. The topological polar surface area (TPSA) is 26.3 Å². The molecule has 1 atom stereocenters. The average molecular weight is 275 g/mol. The Hall–Kier alpha value is -1.80. The van der Waals surface area contributed by atoms with E-state index in [0.29, 0.717) is 5.02 Å². The average Bonchev–Trinajstić information content (AvgIpc) is 2.43. The van der Waals surface area contributed by atoms with Crippen LogP contribution in [0.3, 0.4) is 0 Å². The molecule has 0 radical (unpaired) electrons. The predicted octanol–water partition coefficient (Wildman–Crippen LogP) is 3.95. The molecule has 0 heterocycles. The molecule has 2 aromatic rings. The molecule has 0 saturated heterocycles. The fourth-order valence-corrected chi connectivity index (χ4v) is 2.27. The normalized spacial score (nSPS) is 11.9. The van der Waals surface area contributed by atoms with E-state index in [1.54, 1.807) is 6.07 Å². The molecule has 19 heavy (non-hydrogen) atoms. The van der Waals surface area contributed by atoms with Gasteiger partial charge in [-0.2, -0.15) is 0 Å². The van der Waals surface area contributed by atoms with E-state index in [0.717, 1.165) is 16.7 Å². The van der Waals surface area contributed by atoms with Gasteiger partial charge in [0.2, 0.25) is 0 Å². The van der Waals surface area contributed by atoms with Crippen LogP contribution in [0.2, 0.25) is 5.02 Å². The lowest BCUT2D eigenvalue weighted by atomic mass is 9.91. The monoisotopic (exact) mass is 274 g/mol. The molecule has 3 heteroatoms. The fraction of sp³-hybridized carbons (Fsp3) is 0.188. The van der Waals surface area contributed by atoms with Gasteiger partial charge in [0.1, 0.15) is 5.92 Å². The molecule has 2 aromatic carbocycles. The van der Waals surface area contributed by atoms with E-state index in [1.165, 1.54) is 7.11 Å². The van der Waals surface area contributed by atoms with E-state index < -0.39 is 5.92 Å². The van der Waals surface area contributed by atoms with E-state index in [4.69, 9.17) is 16.3 Å². The largest absolute Gasteiger partial charge is 0.468 e. The summed E-state index contributed by atoms with van der Waals surface area (Å²) in [6.45, 7) is 2.01. The van der Waals surface area contributed by atoms with Crippen LogP contribution in [0.4, 0.5) is 0 Å². The van der Waals surface area contributed by atoms with Crippen molar-refractivity contribution in [2.45, 2.75) is 12.8 Å². The minimum absolute atomic E-state index is 0.308. The summed E-state index contributed by atoms with van der Waals surface area (Å²) in [4.78, 5) is 12.1. The SMILES string of the molecule is COC(=O)[C@@H](c1ccc(C)cc1)c1ccccc1Cl. The number of ether oxygens (including phenoxy) is 1. The highest BCUT2D eigenvalue weighted by Gasteiger charge is 2.25. The van der Waals surface area contributed by atoms with Gasteiger partial charge in [-0.1, -0.05) is 59.6 Å². The number of methoxy groups -OCH3 is 1. The van der Waals surface area contributed by atoms with Crippen molar-refractivity contribution in [2.24, 2.45) is 0 Å². The minimum atomic E-state index is -0.487. The van der Waals surface area contributed by atoms with Gasteiger partial charge in [0, 0.05) is 5.02 Å². The van der Waals surface area contributed by atoms with Crippen LogP contribution in [0.15, 0.2) is 48.5 Å². The Morgan fingerprint density at radius 2 is 1.74 bits per heavy atom. The maximum Gasteiger partial charge on any atom is 0.317 e. The summed E-state index contributed by atoms with van der Waals surface area (Å²) in [5, 5.41) is 0.568. The number of hydrogen-bond acceptors (Lipinski definition) is 2. The minimum Gasteiger partial charge on any atom is -0.468 e. The van der Waals surface area contributed by atoms with Crippen LogP contribution < -0.4 is 0 Å². The molecule has 0 fully saturated rings. The summed E-state index contributed by atoms with van der Waals surface area (Å²) in [6.07, 6.45) is 0. The lowest BCUT2D eigenvalue weighted by molar-refractivity contribution is -0.141. The Kier molecular flexibility index (Phi) is 4.23. The first kappa shape index (κ1) is 13.6. The summed E-state index contributed by atoms with van der Waals surface area (Å²) >= 11 is 6.19. The number of esters is 1. The molecule has 0 aliphatic heterocycles. The first-order chi connectivity index (χ1) is 9.13. The fourth-order valence-electron chi connectivity index (χ4n) is 2.03. The van der Waals surface area contributed by atoms with Gasteiger partial charge < -0.3 is 4.74 Å². The molecule has 0 aliphatic carbocycles. The molecular weight excluding hydrogens is 260 g/mol. The lowest BCUT2D eigenvalue weighted by Gasteiger charge is -2.17. The second-order valence-electron chi connectivity index (χ2n) is 4.39. The molecular formula is C16H15ClO2. The standard InChI is InChI=1S/C16H15ClO2/c1-11-7-9-12(10-8-11)15(16(18)19-2)13-5-3-4-6-14(13)17/h3-10,15H,1-2H3/t15-/m0/s1. The third-order valence-electron chi connectivity index (χ3n) is 3.06. The van der Waals surface area contributed by atoms with E-state index in [-0.39, 0.29) is 5.97 Å². The Morgan fingerprint density at radius 1 is 1.11 bits per heavy atom. The number of carbonyl (C=O) groups is 1. The number of rotatable bonds is 3. The van der Waals surface area contributed by atoms with Crippen LogP contribution >= 0.6 is 11.6 Å². The number of halogens is 1. The molecule has 0 amide bonds. The number of benzene rings is 2. The van der Waals surface area contributed by atoms with Gasteiger partial charge in [-0.25, -0.2) is 0 Å². The molecule has 2 rings (SSSR count). The second kappa shape index (κ2) is 5.89. The molecule has 0 spiro atoms. The van der Waals surface area contributed by atoms with Crippen LogP contribution in [0.5, 0.6) is 0 Å². The Bertz CT molecular complexity index is 576. The maximum atomic E-state index is 12.1. The van der Waals surface area contributed by atoms with Gasteiger partial charge in [0.05, 0.1) is 7.11 Å². The third-order valence-corrected chi connectivity index (χ3v) is 3.41. The van der Waals surface area contributed by atoms with Crippen molar-refractivity contribution >= 4 is 17.6 Å². The van der Waals surface area contributed by atoms with Gasteiger partial charge in [-0.3, -0.25) is 4.79 Å². The van der Waals surface area contributed by atoms with Gasteiger partial charge in [-0.15, -0.1) is 0 Å². The Labute approximate surface area is 118 Å². The van der Waals surface area contributed by atoms with Crippen molar-refractivity contribution < 1.29 is 9.53 Å². The zero-order chi connectivity index (χ0) is 13.8. The highest BCUT2D eigenvalue weighted by Crippen LogP contribution is 2.31. The molecule has 0 N–H and O–H groups in total. The molecule has 0 bridgehead atoms. The van der Waals surface area contributed by atoms with Gasteiger partial charge in [0.15, 0.2) is 0 Å².